The van der Waals surface area contributed by atoms with E-state index in [1.807, 2.05) is 20.8 Å². The second-order valence-electron chi connectivity index (χ2n) is 12.4. The van der Waals surface area contributed by atoms with Crippen LogP contribution in [0.15, 0.2) is 72.9 Å². The van der Waals surface area contributed by atoms with E-state index >= 15 is 0 Å². The molecule has 10 heteroatoms. The monoisotopic (exact) mass is 636 g/mol. The van der Waals surface area contributed by atoms with Crippen LogP contribution in [0.1, 0.15) is 72.1 Å². The van der Waals surface area contributed by atoms with Gasteiger partial charge in [0.15, 0.2) is 0 Å². The van der Waals surface area contributed by atoms with Crippen molar-refractivity contribution in [2.45, 2.75) is 127 Å². The van der Waals surface area contributed by atoms with Gasteiger partial charge in [-0.2, -0.15) is 0 Å². The highest BCUT2D eigenvalue weighted by molar-refractivity contribution is 5.82. The van der Waals surface area contributed by atoms with Gasteiger partial charge in [-0.1, -0.05) is 87.6 Å². The van der Waals surface area contributed by atoms with Gasteiger partial charge in [-0.15, -0.1) is 0 Å². The molecule has 1 aliphatic heterocycles. The minimum Gasteiger partial charge on any atom is -0.458 e. The second kappa shape index (κ2) is 23.0. The molecule has 0 aromatic heterocycles. The number of hydrogen-bond donors (Lipinski definition) is 8. The Balaban J connectivity index is 2.93. The summed E-state index contributed by atoms with van der Waals surface area (Å²) in [6.45, 7) is 5.72. The molecule has 0 saturated carbocycles. The normalized spacial score (nSPS) is 39.3. The molecule has 0 aromatic rings. The lowest BCUT2D eigenvalue weighted by Gasteiger charge is -2.25. The largest absolute Gasteiger partial charge is 0.458 e. The number of esters is 1. The van der Waals surface area contributed by atoms with E-state index in [0.717, 1.165) is 0 Å². The molecule has 10 atom stereocenters. The van der Waals surface area contributed by atoms with Gasteiger partial charge in [-0.05, 0) is 50.9 Å². The van der Waals surface area contributed by atoms with Crippen LogP contribution < -0.4 is 0 Å². The van der Waals surface area contributed by atoms with Crippen molar-refractivity contribution >= 4 is 5.97 Å². The molecule has 0 aliphatic carbocycles. The van der Waals surface area contributed by atoms with E-state index in [2.05, 4.69) is 0 Å². The highest BCUT2D eigenvalue weighted by Crippen LogP contribution is 2.20. The Morgan fingerprint density at radius 2 is 0.978 bits per heavy atom. The summed E-state index contributed by atoms with van der Waals surface area (Å²) in [7, 11) is 0. The van der Waals surface area contributed by atoms with Crippen molar-refractivity contribution in [2.24, 2.45) is 11.8 Å². The van der Waals surface area contributed by atoms with Gasteiger partial charge in [0.2, 0.25) is 0 Å². The molecule has 0 radical (unpaired) electrons. The Morgan fingerprint density at radius 3 is 1.44 bits per heavy atom. The van der Waals surface area contributed by atoms with Crippen LogP contribution in [0, 0.1) is 11.8 Å². The Kier molecular flexibility index (Phi) is 20.8. The van der Waals surface area contributed by atoms with Gasteiger partial charge in [-0.25, -0.2) is 4.79 Å². The molecule has 0 amide bonds. The molecular weight excluding hydrogens is 580 g/mol. The molecule has 0 bridgehead atoms. The molecule has 0 unspecified atom stereocenters. The van der Waals surface area contributed by atoms with Crippen LogP contribution in [0.4, 0.5) is 0 Å². The minimum atomic E-state index is -1.10. The molecule has 0 fully saturated rings. The summed E-state index contributed by atoms with van der Waals surface area (Å²) in [6, 6.07) is 0. The maximum absolute atomic E-state index is 12.4. The number of aliphatic hydroxyl groups is 8. The first-order valence-corrected chi connectivity index (χ1v) is 15.9. The summed E-state index contributed by atoms with van der Waals surface area (Å²) in [5.41, 5.74) is 0. The lowest BCUT2D eigenvalue weighted by molar-refractivity contribution is -0.147. The maximum Gasteiger partial charge on any atom is 0.331 e. The Hall–Kier alpha value is -2.41. The van der Waals surface area contributed by atoms with E-state index in [1.165, 1.54) is 12.2 Å². The molecule has 0 saturated heterocycles. The van der Waals surface area contributed by atoms with Crippen molar-refractivity contribution in [1.29, 1.82) is 0 Å². The highest BCUT2D eigenvalue weighted by Gasteiger charge is 2.25. The van der Waals surface area contributed by atoms with Crippen LogP contribution in [0.2, 0.25) is 0 Å². The lowest BCUT2D eigenvalue weighted by Crippen LogP contribution is -2.30. The molecule has 8 N–H and O–H groups in total. The maximum atomic E-state index is 12.4. The molecule has 0 spiro atoms. The topological polar surface area (TPSA) is 188 Å². The fraction of sp³-hybridized carbons (Fsp3) is 0.629. The van der Waals surface area contributed by atoms with Crippen molar-refractivity contribution in [1.82, 2.24) is 0 Å². The third-order valence-electron chi connectivity index (χ3n) is 7.40. The summed E-state index contributed by atoms with van der Waals surface area (Å²) in [4.78, 5) is 12.4. The summed E-state index contributed by atoms with van der Waals surface area (Å²) in [5, 5.41) is 82.4. The van der Waals surface area contributed by atoms with Crippen LogP contribution in [0.3, 0.4) is 0 Å². The summed E-state index contributed by atoms with van der Waals surface area (Å²) in [6.07, 6.45) is 11.4. The predicted octanol–water partition coefficient (Wildman–Crippen LogP) is 2.55. The van der Waals surface area contributed by atoms with E-state index < -0.39 is 60.9 Å². The first-order chi connectivity index (χ1) is 21.3. The van der Waals surface area contributed by atoms with E-state index in [4.69, 9.17) is 4.74 Å². The average Bonchev–Trinajstić information content (AvgIpc) is 2.91. The number of rotatable bonds is 1. The molecule has 10 nitrogen and oxygen atoms in total. The number of hydrogen-bond acceptors (Lipinski definition) is 10. The van der Waals surface area contributed by atoms with Gasteiger partial charge < -0.3 is 45.6 Å². The SMILES string of the molecule is CC(C)[C@@H]1OC(=O)/C=C/C=C/C=C/C=C/C=C/C[C@H](O)C[C@H](O)C[C@H](O)C[C@H](O)C[C@@H](O)C[C@H](O)C[C@@H](O)C[C@@H](O)/C=C/[C@@H]1C. The van der Waals surface area contributed by atoms with E-state index in [1.54, 1.807) is 60.8 Å². The van der Waals surface area contributed by atoms with Crippen molar-refractivity contribution in [3.05, 3.63) is 72.9 Å². The minimum absolute atomic E-state index is 0.00472. The Bertz CT molecular complexity index is 985. The Morgan fingerprint density at radius 1 is 0.578 bits per heavy atom. The Labute approximate surface area is 268 Å². The van der Waals surface area contributed by atoms with Crippen molar-refractivity contribution in [2.75, 3.05) is 0 Å². The number of aliphatic hydroxyl groups excluding tert-OH is 8. The smallest absolute Gasteiger partial charge is 0.331 e. The fourth-order valence-electron chi connectivity index (χ4n) is 5.19. The van der Waals surface area contributed by atoms with Gasteiger partial charge in [0.05, 0.1) is 48.8 Å². The summed E-state index contributed by atoms with van der Waals surface area (Å²) in [5.74, 6) is -0.714. The summed E-state index contributed by atoms with van der Waals surface area (Å²) < 4.78 is 5.64. The van der Waals surface area contributed by atoms with Gasteiger partial charge in [0, 0.05) is 18.4 Å². The van der Waals surface area contributed by atoms with Crippen molar-refractivity contribution < 1.29 is 50.4 Å². The second-order valence-corrected chi connectivity index (χ2v) is 12.4. The van der Waals surface area contributed by atoms with Crippen LogP contribution in [0.5, 0.6) is 0 Å². The summed E-state index contributed by atoms with van der Waals surface area (Å²) >= 11 is 0. The number of allylic oxidation sites excluding steroid dienone is 8. The quantitative estimate of drug-likeness (QED) is 0.157. The fourth-order valence-corrected chi connectivity index (χ4v) is 5.19. The van der Waals surface area contributed by atoms with E-state index in [9.17, 15) is 45.6 Å². The number of ether oxygens (including phenoxy) is 1. The van der Waals surface area contributed by atoms with E-state index in [-0.39, 0.29) is 56.8 Å². The van der Waals surface area contributed by atoms with Gasteiger partial charge >= 0.3 is 5.97 Å². The molecule has 0 aromatic carbocycles. The molecule has 45 heavy (non-hydrogen) atoms. The number of carbonyl (C=O) groups excluding carboxylic acids is 1. The van der Waals surface area contributed by atoms with E-state index in [0.29, 0.717) is 6.42 Å². The molecular formula is C35H56O10. The van der Waals surface area contributed by atoms with Crippen LogP contribution >= 0.6 is 0 Å². The molecule has 1 heterocycles. The molecule has 1 rings (SSSR count). The van der Waals surface area contributed by atoms with Crippen molar-refractivity contribution in [3.8, 4) is 0 Å². The molecule has 256 valence electrons. The van der Waals surface area contributed by atoms with Gasteiger partial charge in [-0.3, -0.25) is 0 Å². The van der Waals surface area contributed by atoms with Crippen LogP contribution in [-0.2, 0) is 9.53 Å². The zero-order chi connectivity index (χ0) is 33.8. The third kappa shape index (κ3) is 20.4. The third-order valence-corrected chi connectivity index (χ3v) is 7.40. The predicted molar refractivity (Wildman–Crippen MR) is 174 cm³/mol. The van der Waals surface area contributed by atoms with Crippen LogP contribution in [0.25, 0.3) is 0 Å². The number of carbonyl (C=O) groups is 1. The number of cyclic esters (lactones) is 1. The zero-order valence-corrected chi connectivity index (χ0v) is 26.8. The lowest BCUT2D eigenvalue weighted by atomic mass is 9.93. The zero-order valence-electron chi connectivity index (χ0n) is 26.8. The standard InChI is InChI=1S/C35H56O10/c1-24(2)35-25(3)15-16-27(37)18-29(39)20-31(41)22-33(43)23-32(42)21-30(40)19-28(38)17-26(36)13-11-9-7-5-4-6-8-10-12-14-34(44)45-35/h4-12,14-16,24-33,35-43H,13,17-23H2,1-3H3/b6-4+,7-5+,10-8+,11-9+,14-12+,16-15+/t25-,26-,27-,28-,29-,30-,31+,32-,33-,35-/m0/s1. The van der Waals surface area contributed by atoms with Gasteiger partial charge in [0.1, 0.15) is 6.10 Å². The van der Waals surface area contributed by atoms with Crippen molar-refractivity contribution in [3.63, 3.8) is 0 Å². The van der Waals surface area contributed by atoms with Crippen LogP contribution in [-0.4, -0.2) is 102 Å². The first kappa shape index (κ1) is 40.6. The average molecular weight is 637 g/mol. The van der Waals surface area contributed by atoms with Gasteiger partial charge in [0.25, 0.3) is 0 Å². The first-order valence-electron chi connectivity index (χ1n) is 15.9. The molecule has 1 aliphatic rings. The highest BCUT2D eigenvalue weighted by atomic mass is 16.5.